The highest BCUT2D eigenvalue weighted by molar-refractivity contribution is 5.16. The second-order valence-corrected chi connectivity index (χ2v) is 1.86. The van der Waals surface area contributed by atoms with E-state index in [1.165, 1.54) is 19.1 Å². The summed E-state index contributed by atoms with van der Waals surface area (Å²) >= 11 is 0. The van der Waals surface area contributed by atoms with Gasteiger partial charge in [0.2, 0.25) is 0 Å². The molecule has 0 aromatic heterocycles. The van der Waals surface area contributed by atoms with E-state index >= 15 is 0 Å². The maximum absolute atomic E-state index is 10.1. The zero-order valence-corrected chi connectivity index (χ0v) is 6.15. The van der Waals surface area contributed by atoms with Crippen LogP contribution in [0.4, 0.5) is 0 Å². The molecule has 0 saturated heterocycles. The van der Waals surface area contributed by atoms with Crippen molar-refractivity contribution in [2.24, 2.45) is 0 Å². The van der Waals surface area contributed by atoms with Crippen LogP contribution < -0.4 is 0 Å². The second-order valence-electron chi connectivity index (χ2n) is 1.86. The van der Waals surface area contributed by atoms with Crippen LogP contribution in [0.25, 0.3) is 0 Å². The average molecular weight is 155 g/mol. The zero-order chi connectivity index (χ0) is 8.85. The number of aliphatic hydroxyl groups excluding tert-OH is 1. The van der Waals surface area contributed by atoms with Gasteiger partial charge in [-0.1, -0.05) is 6.58 Å². The highest BCUT2D eigenvalue weighted by atomic mass is 16.6. The third kappa shape index (κ3) is 3.91. The van der Waals surface area contributed by atoms with Crippen LogP contribution in [0.3, 0.4) is 0 Å². The monoisotopic (exact) mass is 155 g/mol. The molecule has 0 unspecified atom stereocenters. The maximum Gasteiger partial charge on any atom is 0.268 e. The van der Waals surface area contributed by atoms with E-state index in [1.807, 2.05) is 0 Å². The minimum Gasteiger partial charge on any atom is -0.513 e. The van der Waals surface area contributed by atoms with Gasteiger partial charge in [-0.05, 0) is 13.0 Å². The number of hydrogen-bond donors (Lipinski definition) is 1. The predicted octanol–water partition coefficient (Wildman–Crippen LogP) is 1.79. The Morgan fingerprint density at radius 2 is 2.18 bits per heavy atom. The Bertz CT molecular complexity index is 224. The van der Waals surface area contributed by atoms with Gasteiger partial charge in [0.05, 0.1) is 10.7 Å². The molecule has 0 aliphatic rings. The molecule has 4 nitrogen and oxygen atoms in total. The van der Waals surface area contributed by atoms with Crippen LogP contribution in [-0.2, 0) is 0 Å². The summed E-state index contributed by atoms with van der Waals surface area (Å²) in [5.41, 5.74) is -0.140. The molecular formula is C7H9NO3. The van der Waals surface area contributed by atoms with Crippen molar-refractivity contribution < 1.29 is 10.0 Å². The fourth-order valence-corrected chi connectivity index (χ4v) is 0.409. The molecule has 0 heterocycles. The number of nitro groups is 1. The first-order valence-corrected chi connectivity index (χ1v) is 2.92. The summed E-state index contributed by atoms with van der Waals surface area (Å²) < 4.78 is 0. The van der Waals surface area contributed by atoms with Crippen molar-refractivity contribution in [3.63, 3.8) is 0 Å². The number of rotatable bonds is 3. The van der Waals surface area contributed by atoms with Gasteiger partial charge in [0.25, 0.3) is 5.70 Å². The van der Waals surface area contributed by atoms with E-state index in [1.54, 1.807) is 0 Å². The van der Waals surface area contributed by atoms with Gasteiger partial charge in [-0.15, -0.1) is 0 Å². The molecule has 60 valence electrons. The summed E-state index contributed by atoms with van der Waals surface area (Å²) in [6.45, 7) is 4.67. The zero-order valence-electron chi connectivity index (χ0n) is 6.15. The van der Waals surface area contributed by atoms with E-state index in [0.717, 1.165) is 6.08 Å². The third-order valence-electron chi connectivity index (χ3n) is 0.915. The Morgan fingerprint density at radius 1 is 1.64 bits per heavy atom. The molecule has 4 heteroatoms. The van der Waals surface area contributed by atoms with Crippen LogP contribution in [0.15, 0.2) is 36.3 Å². The molecule has 1 N–H and O–H groups in total. The number of nitrogens with zero attached hydrogens (tertiary/aromatic N) is 1. The van der Waals surface area contributed by atoms with Crippen molar-refractivity contribution >= 4 is 0 Å². The van der Waals surface area contributed by atoms with E-state index in [9.17, 15) is 10.1 Å². The molecule has 0 aliphatic carbocycles. The Morgan fingerprint density at radius 3 is 2.45 bits per heavy atom. The SMILES string of the molecule is C=C/C(=C\C=C(/C)O)[N+](=O)[O-]. The van der Waals surface area contributed by atoms with Crippen molar-refractivity contribution in [2.75, 3.05) is 0 Å². The van der Waals surface area contributed by atoms with Gasteiger partial charge in [-0.3, -0.25) is 10.1 Å². The molecule has 11 heavy (non-hydrogen) atoms. The molecule has 0 fully saturated rings. The van der Waals surface area contributed by atoms with Crippen molar-refractivity contribution in [3.05, 3.63) is 46.4 Å². The quantitative estimate of drug-likeness (QED) is 0.292. The van der Waals surface area contributed by atoms with E-state index in [0.29, 0.717) is 0 Å². The lowest BCUT2D eigenvalue weighted by Gasteiger charge is -1.87. The third-order valence-corrected chi connectivity index (χ3v) is 0.915. The van der Waals surface area contributed by atoms with Gasteiger partial charge in [0.1, 0.15) is 0 Å². The Balaban J connectivity index is 4.50. The second kappa shape index (κ2) is 4.27. The van der Waals surface area contributed by atoms with Crippen molar-refractivity contribution in [2.45, 2.75) is 6.92 Å². The van der Waals surface area contributed by atoms with E-state index < -0.39 is 4.92 Å². The Labute approximate surface area is 64.3 Å². The molecule has 0 rings (SSSR count). The van der Waals surface area contributed by atoms with Crippen LogP contribution in [0.2, 0.25) is 0 Å². The van der Waals surface area contributed by atoms with Crippen LogP contribution >= 0.6 is 0 Å². The fraction of sp³-hybridized carbons (Fsp3) is 0.143. The summed E-state index contributed by atoms with van der Waals surface area (Å²) in [4.78, 5) is 9.52. The minimum atomic E-state index is -0.577. The maximum atomic E-state index is 10.1. The topological polar surface area (TPSA) is 63.4 Å². The molecule has 0 spiro atoms. The number of allylic oxidation sites excluding steroid dienone is 4. The van der Waals surface area contributed by atoms with E-state index in [2.05, 4.69) is 6.58 Å². The van der Waals surface area contributed by atoms with Crippen molar-refractivity contribution in [1.29, 1.82) is 0 Å². The lowest BCUT2D eigenvalue weighted by Crippen LogP contribution is -1.93. The number of aliphatic hydroxyl groups is 1. The lowest BCUT2D eigenvalue weighted by atomic mass is 10.3. The van der Waals surface area contributed by atoms with Crippen molar-refractivity contribution in [3.8, 4) is 0 Å². The standard InChI is InChI=1S/C7H9NO3/c1-3-7(8(10)11)5-4-6(2)9/h3-5,9H,1H2,2H3/b6-4+,7-5+. The van der Waals surface area contributed by atoms with Gasteiger partial charge >= 0.3 is 0 Å². The molecule has 0 bridgehead atoms. The Kier molecular flexibility index (Phi) is 3.66. The fourth-order valence-electron chi connectivity index (χ4n) is 0.409. The van der Waals surface area contributed by atoms with Gasteiger partial charge in [0.15, 0.2) is 0 Å². The Hall–Kier alpha value is -1.58. The molecule has 0 aromatic carbocycles. The van der Waals surface area contributed by atoms with Crippen LogP contribution in [0, 0.1) is 10.1 Å². The van der Waals surface area contributed by atoms with Crippen LogP contribution in [0.5, 0.6) is 0 Å². The largest absolute Gasteiger partial charge is 0.513 e. The highest BCUT2D eigenvalue weighted by Crippen LogP contribution is 1.97. The van der Waals surface area contributed by atoms with Gasteiger partial charge < -0.3 is 5.11 Å². The molecular weight excluding hydrogens is 146 g/mol. The number of hydrogen-bond acceptors (Lipinski definition) is 3. The lowest BCUT2D eigenvalue weighted by molar-refractivity contribution is -0.418. The van der Waals surface area contributed by atoms with Gasteiger partial charge in [0, 0.05) is 12.2 Å². The summed E-state index contributed by atoms with van der Waals surface area (Å²) in [7, 11) is 0. The first kappa shape index (κ1) is 9.42. The first-order valence-electron chi connectivity index (χ1n) is 2.92. The van der Waals surface area contributed by atoms with E-state index in [4.69, 9.17) is 5.11 Å². The van der Waals surface area contributed by atoms with E-state index in [-0.39, 0.29) is 11.5 Å². The molecule has 0 aromatic rings. The van der Waals surface area contributed by atoms with Crippen LogP contribution in [-0.4, -0.2) is 10.0 Å². The molecule has 0 saturated carbocycles. The summed E-state index contributed by atoms with van der Waals surface area (Å²) in [5.74, 6) is 0.0196. The first-order chi connectivity index (χ1) is 5.07. The highest BCUT2D eigenvalue weighted by Gasteiger charge is 2.01. The minimum absolute atomic E-state index is 0.0196. The van der Waals surface area contributed by atoms with Gasteiger partial charge in [-0.25, -0.2) is 0 Å². The van der Waals surface area contributed by atoms with Crippen molar-refractivity contribution in [1.82, 2.24) is 0 Å². The molecule has 0 atom stereocenters. The van der Waals surface area contributed by atoms with Crippen LogP contribution in [0.1, 0.15) is 6.92 Å². The summed E-state index contributed by atoms with van der Waals surface area (Å²) in [5, 5.41) is 18.7. The normalized spacial score (nSPS) is 12.8. The summed E-state index contributed by atoms with van der Waals surface area (Å²) in [6.07, 6.45) is 3.53. The average Bonchev–Trinajstić information content (AvgIpc) is 1.87. The molecule has 0 aliphatic heterocycles. The van der Waals surface area contributed by atoms with Gasteiger partial charge in [-0.2, -0.15) is 0 Å². The predicted molar refractivity (Wildman–Crippen MR) is 41.7 cm³/mol. The molecule has 0 amide bonds. The summed E-state index contributed by atoms with van der Waals surface area (Å²) in [6, 6.07) is 0. The molecule has 0 radical (unpaired) electrons. The smallest absolute Gasteiger partial charge is 0.268 e.